The van der Waals surface area contributed by atoms with Crippen molar-refractivity contribution in [2.24, 2.45) is 0 Å². The average molecular weight is 487 g/mol. The van der Waals surface area contributed by atoms with Gasteiger partial charge in [0.1, 0.15) is 6.04 Å². The van der Waals surface area contributed by atoms with E-state index < -0.39 is 16.1 Å². The monoisotopic (exact) mass is 486 g/mol. The van der Waals surface area contributed by atoms with Crippen molar-refractivity contribution in [2.75, 3.05) is 0 Å². The first-order chi connectivity index (χ1) is 14.3. The zero-order chi connectivity index (χ0) is 21.6. The molecule has 0 aliphatic heterocycles. The summed E-state index contributed by atoms with van der Waals surface area (Å²) in [6.45, 7) is 1.87. The highest BCUT2D eigenvalue weighted by atomic mass is 79.9. The number of halogens is 1. The van der Waals surface area contributed by atoms with E-state index in [0.717, 1.165) is 15.6 Å². The topological polar surface area (TPSA) is 75.3 Å². The van der Waals surface area contributed by atoms with Crippen LogP contribution in [-0.4, -0.2) is 20.4 Å². The van der Waals surface area contributed by atoms with Gasteiger partial charge in [0.15, 0.2) is 0 Å². The first-order valence-corrected chi connectivity index (χ1v) is 11.8. The summed E-state index contributed by atoms with van der Waals surface area (Å²) in [6.07, 6.45) is 0.240. The number of benzene rings is 3. The summed E-state index contributed by atoms with van der Waals surface area (Å²) >= 11 is 3.43. The van der Waals surface area contributed by atoms with Crippen molar-refractivity contribution in [1.82, 2.24) is 10.0 Å². The summed E-state index contributed by atoms with van der Waals surface area (Å²) in [4.78, 5) is 13.2. The molecule has 5 nitrogen and oxygen atoms in total. The van der Waals surface area contributed by atoms with Crippen molar-refractivity contribution in [3.63, 3.8) is 0 Å². The summed E-state index contributed by atoms with van der Waals surface area (Å²) < 4.78 is 29.2. The van der Waals surface area contributed by atoms with E-state index in [1.54, 1.807) is 18.2 Å². The molecule has 0 saturated heterocycles. The molecule has 2 N–H and O–H groups in total. The number of hydrogen-bond acceptors (Lipinski definition) is 3. The predicted octanol–water partition coefficient (Wildman–Crippen LogP) is 4.22. The summed E-state index contributed by atoms with van der Waals surface area (Å²) in [5, 5.41) is 2.93. The molecule has 3 aromatic carbocycles. The first kappa shape index (κ1) is 22.2. The van der Waals surface area contributed by atoms with Gasteiger partial charge in [-0.05, 0) is 48.7 Å². The van der Waals surface area contributed by atoms with E-state index in [1.807, 2.05) is 61.5 Å². The maximum atomic E-state index is 13.1. The minimum absolute atomic E-state index is 0.121. The van der Waals surface area contributed by atoms with Gasteiger partial charge in [-0.2, -0.15) is 4.72 Å². The van der Waals surface area contributed by atoms with Crippen molar-refractivity contribution in [2.45, 2.75) is 30.3 Å². The molecule has 0 aliphatic rings. The molecule has 7 heteroatoms. The Balaban J connectivity index is 1.82. The van der Waals surface area contributed by atoms with Gasteiger partial charge in [0.05, 0.1) is 10.9 Å². The lowest BCUT2D eigenvalue weighted by Crippen LogP contribution is -2.48. The van der Waals surface area contributed by atoms with E-state index >= 15 is 0 Å². The molecule has 0 fully saturated rings. The molecule has 0 heterocycles. The Hall–Kier alpha value is -2.48. The molecule has 0 aliphatic carbocycles. The number of nitrogens with one attached hydrogen (secondary N) is 2. The molecule has 30 heavy (non-hydrogen) atoms. The molecule has 0 aromatic heterocycles. The van der Waals surface area contributed by atoms with Gasteiger partial charge in [-0.3, -0.25) is 4.79 Å². The molecule has 156 valence electrons. The standard InChI is InChI=1S/C23H23BrN2O3S/c1-17(19-11-8-12-20(24)16-19)25-23(27)22(15-18-9-4-2-5-10-18)26-30(28,29)21-13-6-3-7-14-21/h2-14,16-17,22,26H,15H2,1H3,(H,25,27)/t17-,22-/m0/s1. The van der Waals surface area contributed by atoms with Crippen LogP contribution in [-0.2, 0) is 21.2 Å². The van der Waals surface area contributed by atoms with Crippen LogP contribution in [0.5, 0.6) is 0 Å². The number of carbonyl (C=O) groups is 1. The maximum absolute atomic E-state index is 13.1. The van der Waals surface area contributed by atoms with Crippen LogP contribution < -0.4 is 10.0 Å². The van der Waals surface area contributed by atoms with Crippen LogP contribution in [0.3, 0.4) is 0 Å². The third-order valence-corrected chi connectivity index (χ3v) is 6.64. The third-order valence-electron chi connectivity index (χ3n) is 4.66. The Morgan fingerprint density at radius 2 is 1.57 bits per heavy atom. The summed E-state index contributed by atoms with van der Waals surface area (Å²) in [5.41, 5.74) is 1.78. The fourth-order valence-electron chi connectivity index (χ4n) is 3.07. The summed E-state index contributed by atoms with van der Waals surface area (Å²) in [6, 6.07) is 23.8. The van der Waals surface area contributed by atoms with Crippen molar-refractivity contribution < 1.29 is 13.2 Å². The van der Waals surface area contributed by atoms with E-state index in [2.05, 4.69) is 26.0 Å². The minimum Gasteiger partial charge on any atom is -0.348 e. The molecule has 0 unspecified atom stereocenters. The molecule has 0 bridgehead atoms. The second-order valence-electron chi connectivity index (χ2n) is 6.96. The van der Waals surface area contributed by atoms with Crippen LogP contribution in [0.4, 0.5) is 0 Å². The van der Waals surface area contributed by atoms with E-state index in [1.165, 1.54) is 12.1 Å². The van der Waals surface area contributed by atoms with Gasteiger partial charge in [0, 0.05) is 4.47 Å². The van der Waals surface area contributed by atoms with E-state index in [-0.39, 0.29) is 23.3 Å². The highest BCUT2D eigenvalue weighted by Crippen LogP contribution is 2.18. The van der Waals surface area contributed by atoms with Crippen LogP contribution in [0.2, 0.25) is 0 Å². The number of amides is 1. The molecular weight excluding hydrogens is 464 g/mol. The summed E-state index contributed by atoms with van der Waals surface area (Å²) in [7, 11) is -3.85. The molecule has 0 radical (unpaired) electrons. The smallest absolute Gasteiger partial charge is 0.241 e. The average Bonchev–Trinajstić information content (AvgIpc) is 2.74. The maximum Gasteiger partial charge on any atom is 0.241 e. The van der Waals surface area contributed by atoms with E-state index in [4.69, 9.17) is 0 Å². The third kappa shape index (κ3) is 6.01. The number of hydrogen-bond donors (Lipinski definition) is 2. The van der Waals surface area contributed by atoms with Gasteiger partial charge in [-0.15, -0.1) is 0 Å². The van der Waals surface area contributed by atoms with Gasteiger partial charge in [0.2, 0.25) is 15.9 Å². The number of sulfonamides is 1. The van der Waals surface area contributed by atoms with Crippen LogP contribution in [0.1, 0.15) is 24.1 Å². The van der Waals surface area contributed by atoms with Gasteiger partial charge < -0.3 is 5.32 Å². The highest BCUT2D eigenvalue weighted by Gasteiger charge is 2.27. The van der Waals surface area contributed by atoms with Crippen molar-refractivity contribution in [3.8, 4) is 0 Å². The van der Waals surface area contributed by atoms with E-state index in [9.17, 15) is 13.2 Å². The highest BCUT2D eigenvalue weighted by molar-refractivity contribution is 9.10. The molecule has 0 spiro atoms. The lowest BCUT2D eigenvalue weighted by Gasteiger charge is -2.22. The Morgan fingerprint density at radius 3 is 2.20 bits per heavy atom. The quantitative estimate of drug-likeness (QED) is 0.500. The molecule has 0 saturated carbocycles. The fourth-order valence-corrected chi connectivity index (χ4v) is 4.70. The van der Waals surface area contributed by atoms with Gasteiger partial charge >= 0.3 is 0 Å². The number of rotatable bonds is 8. The molecule has 2 atom stereocenters. The second-order valence-corrected chi connectivity index (χ2v) is 9.59. The van der Waals surface area contributed by atoms with Gasteiger partial charge in [0.25, 0.3) is 0 Å². The Bertz CT molecular complexity index is 1090. The van der Waals surface area contributed by atoms with Crippen LogP contribution in [0.25, 0.3) is 0 Å². The van der Waals surface area contributed by atoms with Crippen molar-refractivity contribution in [3.05, 3.63) is 101 Å². The summed E-state index contributed by atoms with van der Waals surface area (Å²) in [5.74, 6) is -0.383. The molecule has 3 rings (SSSR count). The first-order valence-electron chi connectivity index (χ1n) is 9.52. The normalized spacial score (nSPS) is 13.4. The molecule has 3 aromatic rings. The zero-order valence-electron chi connectivity index (χ0n) is 16.5. The van der Waals surface area contributed by atoms with Gasteiger partial charge in [-0.25, -0.2) is 8.42 Å². The van der Waals surface area contributed by atoms with Crippen LogP contribution in [0.15, 0.2) is 94.3 Å². The van der Waals surface area contributed by atoms with E-state index in [0.29, 0.717) is 0 Å². The lowest BCUT2D eigenvalue weighted by atomic mass is 10.0. The fraction of sp³-hybridized carbons (Fsp3) is 0.174. The van der Waals surface area contributed by atoms with Crippen molar-refractivity contribution >= 4 is 31.9 Å². The molecular formula is C23H23BrN2O3S. The Kier molecular flexibility index (Phi) is 7.42. The second kappa shape index (κ2) is 10.0. The molecule has 1 amide bonds. The Labute approximate surface area is 185 Å². The zero-order valence-corrected chi connectivity index (χ0v) is 18.9. The number of carbonyl (C=O) groups excluding carboxylic acids is 1. The Morgan fingerprint density at radius 1 is 0.933 bits per heavy atom. The van der Waals surface area contributed by atoms with Crippen molar-refractivity contribution in [1.29, 1.82) is 0 Å². The lowest BCUT2D eigenvalue weighted by molar-refractivity contribution is -0.123. The van der Waals surface area contributed by atoms with Crippen LogP contribution in [0, 0.1) is 0 Å². The SMILES string of the molecule is C[C@H](NC(=O)[C@H](Cc1ccccc1)NS(=O)(=O)c1ccccc1)c1cccc(Br)c1. The van der Waals surface area contributed by atoms with Crippen LogP contribution >= 0.6 is 15.9 Å². The minimum atomic E-state index is -3.85. The predicted molar refractivity (Wildman–Crippen MR) is 121 cm³/mol. The van der Waals surface area contributed by atoms with Gasteiger partial charge in [-0.1, -0.05) is 76.6 Å². The largest absolute Gasteiger partial charge is 0.348 e.